The van der Waals surface area contributed by atoms with E-state index in [0.29, 0.717) is 19.3 Å². The summed E-state index contributed by atoms with van der Waals surface area (Å²) in [6, 6.07) is -8.66. The van der Waals surface area contributed by atoms with Crippen LogP contribution in [0.1, 0.15) is 121 Å². The van der Waals surface area contributed by atoms with Crippen molar-refractivity contribution in [1.82, 2.24) is 37.2 Å². The van der Waals surface area contributed by atoms with Crippen molar-refractivity contribution in [2.24, 2.45) is 35.0 Å². The van der Waals surface area contributed by atoms with Gasteiger partial charge in [0.15, 0.2) is 0 Å². The van der Waals surface area contributed by atoms with Crippen LogP contribution in [0, 0.1) is 17.8 Å². The number of hydrogen-bond donors (Lipinski definition) is 12. The first kappa shape index (κ1) is 56.1. The molecule has 0 fully saturated rings. The Balaban J connectivity index is 6.44. The largest absolute Gasteiger partial charge is 0.481 e. The summed E-state index contributed by atoms with van der Waals surface area (Å²) in [6.07, 6.45) is -0.706. The Morgan fingerprint density at radius 3 is 1.51 bits per heavy atom. The zero-order chi connectivity index (χ0) is 47.4. The van der Waals surface area contributed by atoms with Gasteiger partial charge in [0.25, 0.3) is 0 Å². The van der Waals surface area contributed by atoms with Gasteiger partial charge in [0.2, 0.25) is 47.3 Å². The molecule has 8 amide bonds. The van der Waals surface area contributed by atoms with Crippen LogP contribution in [0.3, 0.4) is 0 Å². The normalized spacial score (nSPS) is 16.0. The summed E-state index contributed by atoms with van der Waals surface area (Å²) in [5.74, 6) is -8.27. The molecule has 350 valence electrons. The second-order valence-corrected chi connectivity index (χ2v) is 17.1. The molecular weight excluding hydrogens is 796 g/mol. The second kappa shape index (κ2) is 27.1. The number of unbranched alkanes of at least 4 members (excludes halogenated alkanes) is 1. The number of aliphatic carboxylic acids is 1. The number of carboxylic acids is 1. The molecule has 9 atom stereocenters. The molecule has 21 nitrogen and oxygen atoms in total. The van der Waals surface area contributed by atoms with E-state index in [1.165, 1.54) is 27.7 Å². The summed E-state index contributed by atoms with van der Waals surface area (Å²) >= 11 is 0. The van der Waals surface area contributed by atoms with Crippen LogP contribution in [0.25, 0.3) is 0 Å². The van der Waals surface area contributed by atoms with Crippen LogP contribution in [-0.2, 0) is 43.2 Å². The molecule has 15 N–H and O–H groups in total. The van der Waals surface area contributed by atoms with E-state index in [4.69, 9.17) is 17.2 Å². The Bertz CT molecular complexity index is 1510. The summed E-state index contributed by atoms with van der Waals surface area (Å²) < 4.78 is 0. The molecule has 0 saturated carbocycles. The van der Waals surface area contributed by atoms with Crippen molar-refractivity contribution in [1.29, 1.82) is 0 Å². The number of carbonyl (C=O) groups is 9. The fourth-order valence-electron chi connectivity index (χ4n) is 5.97. The molecule has 0 saturated heterocycles. The molecule has 61 heavy (non-hydrogen) atoms. The van der Waals surface area contributed by atoms with Crippen molar-refractivity contribution in [2.75, 3.05) is 6.54 Å². The number of aliphatic hydroxyl groups is 1. The Morgan fingerprint density at radius 1 is 0.607 bits per heavy atom. The van der Waals surface area contributed by atoms with E-state index in [9.17, 15) is 53.4 Å². The fraction of sp³-hybridized carbons (Fsp3) is 0.775. The van der Waals surface area contributed by atoms with Crippen LogP contribution in [0.5, 0.6) is 0 Å². The van der Waals surface area contributed by atoms with Gasteiger partial charge in [-0.3, -0.25) is 43.2 Å². The first-order valence-electron chi connectivity index (χ1n) is 21.0. The van der Waals surface area contributed by atoms with E-state index in [0.717, 1.165) is 0 Å². The SMILES string of the molecule is CC[C@H](C)[C@H](NC(=O)[C@H](CC(C)C)NC(=O)[C@H](CCCCN)NC(=O)[C@H](CCC(=O)O)NC(=O)C(C)(C)NC(=O)[C@H](CC(C)C)NC(=O)[C@@H](NC(=O)[C@H](C)N)[C@@H](C)O)C(N)=O. The molecule has 21 heteroatoms. The van der Waals surface area contributed by atoms with Crippen LogP contribution < -0.4 is 54.4 Å². The Morgan fingerprint density at radius 2 is 1.07 bits per heavy atom. The van der Waals surface area contributed by atoms with Crippen LogP contribution in [-0.4, -0.2) is 124 Å². The van der Waals surface area contributed by atoms with Gasteiger partial charge in [-0.25, -0.2) is 0 Å². The average Bonchev–Trinajstić information content (AvgIpc) is 3.14. The monoisotopic (exact) mass is 871 g/mol. The van der Waals surface area contributed by atoms with Crippen LogP contribution in [0.15, 0.2) is 0 Å². The molecular formula is C40H74N10O11. The van der Waals surface area contributed by atoms with Crippen LogP contribution in [0.4, 0.5) is 0 Å². The van der Waals surface area contributed by atoms with E-state index in [1.807, 2.05) is 20.8 Å². The number of hydrogen-bond acceptors (Lipinski definition) is 12. The van der Waals surface area contributed by atoms with Gasteiger partial charge in [0, 0.05) is 6.42 Å². The minimum atomic E-state index is -1.78. The highest BCUT2D eigenvalue weighted by atomic mass is 16.4. The third-order valence-corrected chi connectivity index (χ3v) is 9.83. The highest BCUT2D eigenvalue weighted by molar-refractivity contribution is 5.99. The van der Waals surface area contributed by atoms with Gasteiger partial charge in [-0.1, -0.05) is 48.0 Å². The smallest absolute Gasteiger partial charge is 0.303 e. The molecule has 0 aromatic rings. The van der Waals surface area contributed by atoms with Crippen LogP contribution in [0.2, 0.25) is 0 Å². The Hall–Kier alpha value is -4.89. The lowest BCUT2D eigenvalue weighted by Gasteiger charge is -2.31. The molecule has 0 heterocycles. The summed E-state index contributed by atoms with van der Waals surface area (Å²) in [5, 5.41) is 37.5. The maximum absolute atomic E-state index is 13.9. The molecule has 0 radical (unpaired) electrons. The van der Waals surface area contributed by atoms with E-state index in [2.05, 4.69) is 37.2 Å². The number of nitrogens with one attached hydrogen (secondary N) is 7. The zero-order valence-electron chi connectivity index (χ0n) is 37.5. The van der Waals surface area contributed by atoms with Crippen molar-refractivity contribution in [2.45, 2.75) is 175 Å². The van der Waals surface area contributed by atoms with Crippen molar-refractivity contribution >= 4 is 53.2 Å². The number of amides is 8. The minimum absolute atomic E-state index is 0.0521. The van der Waals surface area contributed by atoms with Gasteiger partial charge < -0.3 is 64.6 Å². The number of rotatable bonds is 29. The van der Waals surface area contributed by atoms with Crippen molar-refractivity contribution in [3.63, 3.8) is 0 Å². The Labute approximate surface area is 359 Å². The zero-order valence-corrected chi connectivity index (χ0v) is 37.5. The van der Waals surface area contributed by atoms with E-state index in [1.54, 1.807) is 20.8 Å². The molecule has 0 unspecified atom stereocenters. The van der Waals surface area contributed by atoms with Crippen molar-refractivity contribution in [3.8, 4) is 0 Å². The number of aliphatic hydroxyl groups excluding tert-OH is 1. The van der Waals surface area contributed by atoms with Gasteiger partial charge in [-0.05, 0) is 90.5 Å². The highest BCUT2D eigenvalue weighted by Gasteiger charge is 2.38. The van der Waals surface area contributed by atoms with Crippen LogP contribution >= 0.6 is 0 Å². The minimum Gasteiger partial charge on any atom is -0.481 e. The first-order valence-corrected chi connectivity index (χ1v) is 21.0. The number of carbonyl (C=O) groups excluding carboxylic acids is 8. The molecule has 0 aliphatic heterocycles. The second-order valence-electron chi connectivity index (χ2n) is 17.1. The lowest BCUT2D eigenvalue weighted by Crippen LogP contribution is -2.64. The van der Waals surface area contributed by atoms with Crippen molar-refractivity contribution in [3.05, 3.63) is 0 Å². The maximum Gasteiger partial charge on any atom is 0.303 e. The van der Waals surface area contributed by atoms with Crippen molar-refractivity contribution < 1.29 is 53.4 Å². The molecule has 0 rings (SSSR count). The predicted molar refractivity (Wildman–Crippen MR) is 226 cm³/mol. The summed E-state index contributed by atoms with van der Waals surface area (Å²) in [5.41, 5.74) is 15.0. The lowest BCUT2D eigenvalue weighted by molar-refractivity contribution is -0.139. The van der Waals surface area contributed by atoms with Gasteiger partial charge >= 0.3 is 5.97 Å². The third kappa shape index (κ3) is 21.0. The molecule has 0 bridgehead atoms. The summed E-state index contributed by atoms with van der Waals surface area (Å²) in [4.78, 5) is 118. The standard InChI is InChI=1S/C40H74N10O11/c1-11-22(6)30(32(43)54)48-36(58)27(18-20(2)3)45-34(56)25(14-12-13-17-41)44-35(57)26(15-16-29(52)53)47-39(61)40(9,10)50-37(59)28(19-21(4)5)46-38(60)31(24(8)51)49-33(55)23(7)42/h20-28,30-31,51H,11-19,41-42H2,1-10H3,(H2,43,54)(H,44,57)(H,45,56)(H,46,60)(H,47,61)(H,48,58)(H,49,55)(H,50,59)(H,52,53)/t22-,23-,24+,25-,26-,27-,28-,30-,31-/m0/s1. The van der Waals surface area contributed by atoms with Gasteiger partial charge in [0.1, 0.15) is 41.8 Å². The molecule has 0 aromatic heterocycles. The van der Waals surface area contributed by atoms with Gasteiger partial charge in [0.05, 0.1) is 12.1 Å². The quantitative estimate of drug-likeness (QED) is 0.0367. The first-order chi connectivity index (χ1) is 28.2. The summed E-state index contributed by atoms with van der Waals surface area (Å²) in [6.45, 7) is 16.3. The Kier molecular flexibility index (Phi) is 25.0. The van der Waals surface area contributed by atoms with E-state index < -0.39 is 120 Å². The maximum atomic E-state index is 13.9. The average molecular weight is 871 g/mol. The number of nitrogens with two attached hydrogens (primary N) is 3. The molecule has 0 spiro atoms. The summed E-state index contributed by atoms with van der Waals surface area (Å²) in [7, 11) is 0. The molecule has 0 aliphatic carbocycles. The number of primary amides is 1. The molecule has 0 aromatic carbocycles. The van der Waals surface area contributed by atoms with E-state index in [-0.39, 0.29) is 43.6 Å². The molecule has 0 aliphatic rings. The highest BCUT2D eigenvalue weighted by Crippen LogP contribution is 2.14. The van der Waals surface area contributed by atoms with Gasteiger partial charge in [-0.15, -0.1) is 0 Å². The predicted octanol–water partition coefficient (Wildman–Crippen LogP) is -1.86. The number of carboxylic acid groups (broad SMARTS) is 1. The fourth-order valence-corrected chi connectivity index (χ4v) is 5.97. The topological polar surface area (TPSA) is 356 Å². The lowest BCUT2D eigenvalue weighted by atomic mass is 9.96. The van der Waals surface area contributed by atoms with E-state index >= 15 is 0 Å². The third-order valence-electron chi connectivity index (χ3n) is 9.83. The van der Waals surface area contributed by atoms with Gasteiger partial charge in [-0.2, -0.15) is 0 Å².